The minimum absolute atomic E-state index is 0.0631. The number of hydrogen-bond acceptors (Lipinski definition) is 4. The minimum atomic E-state index is -5.69. The van der Waals surface area contributed by atoms with E-state index in [1.54, 1.807) is 0 Å². The SMILES string of the molecule is CCOC(=O)C(C(=O)OCC)C(CCCCCCl)CCC(F)(F)C(F)(F)F. The summed E-state index contributed by atoms with van der Waals surface area (Å²) < 4.78 is 73.6. The molecular formula is C17H26ClF5O4. The van der Waals surface area contributed by atoms with Crippen LogP contribution in [-0.4, -0.2) is 43.1 Å². The van der Waals surface area contributed by atoms with Crippen LogP contribution < -0.4 is 0 Å². The van der Waals surface area contributed by atoms with Crippen molar-refractivity contribution in [2.24, 2.45) is 11.8 Å². The number of esters is 2. The summed E-state index contributed by atoms with van der Waals surface area (Å²) in [5.74, 6) is -9.08. The van der Waals surface area contributed by atoms with Crippen molar-refractivity contribution >= 4 is 23.5 Å². The summed E-state index contributed by atoms with van der Waals surface area (Å²) in [6, 6.07) is 0. The van der Waals surface area contributed by atoms with Crippen molar-refractivity contribution in [3.8, 4) is 0 Å². The zero-order chi connectivity index (χ0) is 21.1. The molecule has 0 N–H and O–H groups in total. The number of hydrogen-bond donors (Lipinski definition) is 0. The van der Waals surface area contributed by atoms with E-state index in [0.29, 0.717) is 25.1 Å². The van der Waals surface area contributed by atoms with Crippen molar-refractivity contribution in [1.82, 2.24) is 0 Å². The second-order valence-electron chi connectivity index (χ2n) is 6.02. The van der Waals surface area contributed by atoms with Crippen LogP contribution in [0.1, 0.15) is 52.4 Å². The molecular weight excluding hydrogens is 399 g/mol. The zero-order valence-electron chi connectivity index (χ0n) is 15.4. The van der Waals surface area contributed by atoms with E-state index >= 15 is 0 Å². The average Bonchev–Trinajstić information content (AvgIpc) is 2.55. The van der Waals surface area contributed by atoms with Crippen molar-refractivity contribution in [3.05, 3.63) is 0 Å². The maximum absolute atomic E-state index is 13.3. The lowest BCUT2D eigenvalue weighted by Crippen LogP contribution is -2.39. The normalized spacial score (nSPS) is 13.5. The van der Waals surface area contributed by atoms with Crippen LogP contribution in [0.2, 0.25) is 0 Å². The van der Waals surface area contributed by atoms with E-state index in [4.69, 9.17) is 21.1 Å². The molecule has 0 aromatic heterocycles. The topological polar surface area (TPSA) is 52.6 Å². The van der Waals surface area contributed by atoms with Crippen molar-refractivity contribution < 1.29 is 41.0 Å². The van der Waals surface area contributed by atoms with Gasteiger partial charge in [-0.15, -0.1) is 11.6 Å². The van der Waals surface area contributed by atoms with Crippen LogP contribution in [-0.2, 0) is 19.1 Å². The highest BCUT2D eigenvalue weighted by molar-refractivity contribution is 6.17. The summed E-state index contributed by atoms with van der Waals surface area (Å²) in [7, 11) is 0. The number of alkyl halides is 6. The van der Waals surface area contributed by atoms with Gasteiger partial charge < -0.3 is 9.47 Å². The molecule has 0 saturated carbocycles. The summed E-state index contributed by atoms with van der Waals surface area (Å²) in [5.41, 5.74) is 0. The first-order valence-electron chi connectivity index (χ1n) is 8.85. The van der Waals surface area contributed by atoms with E-state index in [1.165, 1.54) is 13.8 Å². The lowest BCUT2D eigenvalue weighted by molar-refractivity contribution is -0.285. The van der Waals surface area contributed by atoms with Gasteiger partial charge in [0.15, 0.2) is 5.92 Å². The maximum Gasteiger partial charge on any atom is 0.453 e. The van der Waals surface area contributed by atoms with Gasteiger partial charge in [0.05, 0.1) is 13.2 Å². The van der Waals surface area contributed by atoms with E-state index in [1.807, 2.05) is 0 Å². The van der Waals surface area contributed by atoms with E-state index in [2.05, 4.69) is 0 Å². The highest BCUT2D eigenvalue weighted by Crippen LogP contribution is 2.41. The molecule has 0 aromatic rings. The molecule has 0 heterocycles. The molecule has 0 fully saturated rings. The molecule has 0 amide bonds. The smallest absolute Gasteiger partial charge is 0.453 e. The fourth-order valence-corrected chi connectivity index (χ4v) is 2.80. The Bertz CT molecular complexity index is 439. The Hall–Kier alpha value is -1.12. The third-order valence-corrected chi connectivity index (χ3v) is 4.27. The van der Waals surface area contributed by atoms with Gasteiger partial charge in [0.2, 0.25) is 0 Å². The summed E-state index contributed by atoms with van der Waals surface area (Å²) >= 11 is 5.56. The van der Waals surface area contributed by atoms with Crippen LogP contribution in [0.25, 0.3) is 0 Å². The summed E-state index contributed by atoms with van der Waals surface area (Å²) in [5, 5.41) is 0. The molecule has 0 radical (unpaired) electrons. The second-order valence-corrected chi connectivity index (χ2v) is 6.40. The average molecular weight is 425 g/mol. The molecule has 0 bridgehead atoms. The van der Waals surface area contributed by atoms with E-state index in [9.17, 15) is 31.5 Å². The third-order valence-electron chi connectivity index (χ3n) is 4.00. The van der Waals surface area contributed by atoms with Gasteiger partial charge in [0.1, 0.15) is 0 Å². The Kier molecular flexibility index (Phi) is 11.8. The van der Waals surface area contributed by atoms with Gasteiger partial charge >= 0.3 is 24.0 Å². The number of carbonyl (C=O) groups excluding carboxylic acids is 2. The Morgan fingerprint density at radius 1 is 0.889 bits per heavy atom. The highest BCUT2D eigenvalue weighted by atomic mass is 35.5. The summed E-state index contributed by atoms with van der Waals surface area (Å²) in [6.45, 7) is 2.86. The molecule has 1 unspecified atom stereocenters. The van der Waals surface area contributed by atoms with Gasteiger partial charge in [-0.1, -0.05) is 12.8 Å². The molecule has 1 atom stereocenters. The number of carbonyl (C=O) groups is 2. The third kappa shape index (κ3) is 9.08. The van der Waals surface area contributed by atoms with E-state index in [-0.39, 0.29) is 19.6 Å². The fourth-order valence-electron chi connectivity index (χ4n) is 2.61. The molecule has 0 rings (SSSR count). The van der Waals surface area contributed by atoms with Gasteiger partial charge in [0, 0.05) is 12.3 Å². The number of unbranched alkanes of at least 4 members (excludes halogenated alkanes) is 2. The van der Waals surface area contributed by atoms with Gasteiger partial charge in [-0.05, 0) is 39.0 Å². The second kappa shape index (κ2) is 12.4. The highest BCUT2D eigenvalue weighted by Gasteiger charge is 2.57. The summed E-state index contributed by atoms with van der Waals surface area (Å²) in [6.07, 6.45) is -6.15. The minimum Gasteiger partial charge on any atom is -0.465 e. The molecule has 0 aliphatic heterocycles. The molecule has 0 saturated heterocycles. The van der Waals surface area contributed by atoms with Gasteiger partial charge in [-0.25, -0.2) is 0 Å². The first-order valence-corrected chi connectivity index (χ1v) is 9.39. The maximum atomic E-state index is 13.3. The number of halogens is 6. The Labute approximate surface area is 160 Å². The van der Waals surface area contributed by atoms with Crippen LogP contribution >= 0.6 is 11.6 Å². The first kappa shape index (κ1) is 25.9. The number of ether oxygens (including phenoxy) is 2. The van der Waals surface area contributed by atoms with Gasteiger partial charge in [-0.3, -0.25) is 9.59 Å². The standard InChI is InChI=1S/C17H26ClF5O4/c1-3-26-14(24)13(15(25)27-4-2)12(8-6-5-7-11-18)9-10-16(19,20)17(21,22)23/h12-13H,3-11H2,1-2H3. The molecule has 160 valence electrons. The molecule has 0 aliphatic carbocycles. The van der Waals surface area contributed by atoms with Crippen molar-refractivity contribution in [2.75, 3.05) is 19.1 Å². The lowest BCUT2D eigenvalue weighted by Gasteiger charge is -2.27. The Morgan fingerprint density at radius 2 is 1.41 bits per heavy atom. The van der Waals surface area contributed by atoms with Crippen LogP contribution in [0, 0.1) is 11.8 Å². The van der Waals surface area contributed by atoms with Crippen molar-refractivity contribution in [3.63, 3.8) is 0 Å². The van der Waals surface area contributed by atoms with Crippen LogP contribution in [0.15, 0.2) is 0 Å². The molecule has 0 aromatic carbocycles. The quantitative estimate of drug-likeness (QED) is 0.135. The van der Waals surface area contributed by atoms with Crippen LogP contribution in [0.5, 0.6) is 0 Å². The van der Waals surface area contributed by atoms with Crippen molar-refractivity contribution in [1.29, 1.82) is 0 Å². The largest absolute Gasteiger partial charge is 0.465 e. The molecule has 0 spiro atoms. The molecule has 4 nitrogen and oxygen atoms in total. The van der Waals surface area contributed by atoms with Crippen LogP contribution in [0.4, 0.5) is 22.0 Å². The Balaban J connectivity index is 5.40. The number of rotatable bonds is 13. The fraction of sp³-hybridized carbons (Fsp3) is 0.882. The van der Waals surface area contributed by atoms with Gasteiger partial charge in [-0.2, -0.15) is 22.0 Å². The van der Waals surface area contributed by atoms with Crippen molar-refractivity contribution in [2.45, 2.75) is 64.5 Å². The van der Waals surface area contributed by atoms with Gasteiger partial charge in [0.25, 0.3) is 0 Å². The Morgan fingerprint density at radius 3 is 1.81 bits per heavy atom. The molecule has 0 aliphatic rings. The first-order chi connectivity index (χ1) is 12.5. The predicted octanol–water partition coefficient (Wildman–Crippen LogP) is 5.12. The molecule has 10 heteroatoms. The summed E-state index contributed by atoms with van der Waals surface area (Å²) in [4.78, 5) is 24.3. The van der Waals surface area contributed by atoms with E-state index < -0.39 is 48.7 Å². The van der Waals surface area contributed by atoms with E-state index in [0.717, 1.165) is 0 Å². The lowest BCUT2D eigenvalue weighted by atomic mass is 9.83. The molecule has 27 heavy (non-hydrogen) atoms. The predicted molar refractivity (Wildman–Crippen MR) is 89.7 cm³/mol. The zero-order valence-corrected chi connectivity index (χ0v) is 16.2. The monoisotopic (exact) mass is 424 g/mol. The van der Waals surface area contributed by atoms with Crippen LogP contribution in [0.3, 0.4) is 0 Å².